The van der Waals surface area contributed by atoms with E-state index in [-0.39, 0.29) is 16.9 Å². The summed E-state index contributed by atoms with van der Waals surface area (Å²) in [5.41, 5.74) is 0.954. The van der Waals surface area contributed by atoms with Crippen LogP contribution in [0.2, 0.25) is 5.02 Å². The van der Waals surface area contributed by atoms with Gasteiger partial charge in [-0.1, -0.05) is 22.9 Å². The van der Waals surface area contributed by atoms with Crippen LogP contribution in [0.3, 0.4) is 0 Å². The zero-order chi connectivity index (χ0) is 22.2. The topological polar surface area (TPSA) is 85.8 Å². The Morgan fingerprint density at radius 1 is 1.29 bits per heavy atom. The van der Waals surface area contributed by atoms with E-state index in [0.717, 1.165) is 23.8 Å². The van der Waals surface area contributed by atoms with Gasteiger partial charge in [0.2, 0.25) is 0 Å². The lowest BCUT2D eigenvalue weighted by atomic mass is 10.2. The molecule has 1 aliphatic rings. The number of nitrogens with zero attached hydrogens (tertiary/aromatic N) is 2. The lowest BCUT2D eigenvalue weighted by Gasteiger charge is -2.23. The first kappa shape index (κ1) is 22.0. The number of ether oxygens (including phenoxy) is 2. The fourth-order valence-electron chi connectivity index (χ4n) is 3.46. The van der Waals surface area contributed by atoms with Crippen LogP contribution in [0.1, 0.15) is 23.2 Å². The summed E-state index contributed by atoms with van der Waals surface area (Å²) in [6, 6.07) is 9.38. The molecule has 31 heavy (non-hydrogen) atoms. The van der Waals surface area contributed by atoms with Crippen LogP contribution < -0.4 is 9.64 Å². The Balaban J connectivity index is 1.74. The molecule has 0 spiro atoms. The zero-order valence-electron chi connectivity index (χ0n) is 17.0. The van der Waals surface area contributed by atoms with Crippen LogP contribution in [0.5, 0.6) is 5.75 Å². The van der Waals surface area contributed by atoms with Gasteiger partial charge in [-0.2, -0.15) is 0 Å². The summed E-state index contributed by atoms with van der Waals surface area (Å²) in [5.74, 6) is 0.286. The SMILES string of the molecule is COc1ccc(Cl)c2sc(N(CC3CCCO3)C(=O)c3ccc(S(C)(=O)=O)cc3)nc12. The maximum absolute atomic E-state index is 13.4. The van der Waals surface area contributed by atoms with Crippen LogP contribution in [0.25, 0.3) is 10.2 Å². The lowest BCUT2D eigenvalue weighted by Crippen LogP contribution is -2.37. The molecular weight excluding hydrogens is 460 g/mol. The first-order chi connectivity index (χ1) is 14.8. The molecule has 1 aromatic heterocycles. The highest BCUT2D eigenvalue weighted by molar-refractivity contribution is 7.90. The van der Waals surface area contributed by atoms with Gasteiger partial charge < -0.3 is 9.47 Å². The van der Waals surface area contributed by atoms with Crippen molar-refractivity contribution in [2.45, 2.75) is 23.8 Å². The van der Waals surface area contributed by atoms with Gasteiger partial charge >= 0.3 is 0 Å². The summed E-state index contributed by atoms with van der Waals surface area (Å²) >= 11 is 7.67. The van der Waals surface area contributed by atoms with E-state index in [1.165, 1.54) is 35.6 Å². The summed E-state index contributed by atoms with van der Waals surface area (Å²) < 4.78 is 35.4. The summed E-state index contributed by atoms with van der Waals surface area (Å²) in [5, 5.41) is 1.01. The molecule has 1 amide bonds. The maximum Gasteiger partial charge on any atom is 0.260 e. The van der Waals surface area contributed by atoms with Crippen molar-refractivity contribution in [3.05, 3.63) is 47.0 Å². The first-order valence-electron chi connectivity index (χ1n) is 9.64. The summed E-state index contributed by atoms with van der Waals surface area (Å²) in [7, 11) is -1.79. The molecule has 1 aliphatic heterocycles. The number of sulfone groups is 1. The number of thiazole rings is 1. The van der Waals surface area contributed by atoms with E-state index in [2.05, 4.69) is 4.98 Å². The molecule has 0 bridgehead atoms. The minimum atomic E-state index is -3.35. The number of rotatable bonds is 6. The van der Waals surface area contributed by atoms with Crippen molar-refractivity contribution in [1.29, 1.82) is 0 Å². The second-order valence-corrected chi connectivity index (χ2v) is 10.7. The van der Waals surface area contributed by atoms with Gasteiger partial charge in [-0.15, -0.1) is 0 Å². The molecule has 3 aromatic rings. The lowest BCUT2D eigenvalue weighted by molar-refractivity contribution is 0.0917. The Kier molecular flexibility index (Phi) is 6.20. The zero-order valence-corrected chi connectivity index (χ0v) is 19.4. The molecule has 2 heterocycles. The molecule has 164 valence electrons. The number of aromatic nitrogens is 1. The summed E-state index contributed by atoms with van der Waals surface area (Å²) in [4.78, 5) is 19.8. The minimum Gasteiger partial charge on any atom is -0.494 e. The normalized spacial score (nSPS) is 16.5. The van der Waals surface area contributed by atoms with Crippen LogP contribution in [-0.2, 0) is 14.6 Å². The van der Waals surface area contributed by atoms with Crippen LogP contribution in [-0.4, -0.2) is 51.9 Å². The predicted octanol–water partition coefficient (Wildman–Crippen LogP) is 4.19. The number of carbonyl (C=O) groups is 1. The Hall–Kier alpha value is -2.20. The fraction of sp³-hybridized carbons (Fsp3) is 0.333. The molecule has 1 fully saturated rings. The number of amides is 1. The fourth-order valence-corrected chi connectivity index (χ4v) is 5.36. The second-order valence-electron chi connectivity index (χ2n) is 7.27. The maximum atomic E-state index is 13.4. The Morgan fingerprint density at radius 3 is 2.65 bits per heavy atom. The largest absolute Gasteiger partial charge is 0.494 e. The Bertz CT molecular complexity index is 1220. The van der Waals surface area contributed by atoms with E-state index in [4.69, 9.17) is 21.1 Å². The van der Waals surface area contributed by atoms with Gasteiger partial charge in [0.05, 0.1) is 34.4 Å². The Labute approximate surface area is 189 Å². The highest BCUT2D eigenvalue weighted by Gasteiger charge is 2.28. The van der Waals surface area contributed by atoms with Gasteiger partial charge in [0, 0.05) is 18.4 Å². The van der Waals surface area contributed by atoms with Gasteiger partial charge in [-0.05, 0) is 49.2 Å². The number of hydrogen-bond acceptors (Lipinski definition) is 7. The second kappa shape index (κ2) is 8.74. The van der Waals surface area contributed by atoms with Crippen molar-refractivity contribution in [3.8, 4) is 5.75 Å². The molecule has 0 aliphatic carbocycles. The highest BCUT2D eigenvalue weighted by Crippen LogP contribution is 2.39. The molecule has 0 saturated carbocycles. The van der Waals surface area contributed by atoms with E-state index >= 15 is 0 Å². The van der Waals surface area contributed by atoms with E-state index in [0.29, 0.717) is 40.1 Å². The van der Waals surface area contributed by atoms with Gasteiger partial charge in [0.1, 0.15) is 11.3 Å². The van der Waals surface area contributed by atoms with Crippen LogP contribution in [0, 0.1) is 0 Å². The average molecular weight is 481 g/mol. The average Bonchev–Trinajstić information content (AvgIpc) is 3.42. The number of fused-ring (bicyclic) bond motifs is 1. The number of carbonyl (C=O) groups excluding carboxylic acids is 1. The van der Waals surface area contributed by atoms with Gasteiger partial charge in [-0.25, -0.2) is 13.4 Å². The highest BCUT2D eigenvalue weighted by atomic mass is 35.5. The van der Waals surface area contributed by atoms with Crippen molar-refractivity contribution in [3.63, 3.8) is 0 Å². The van der Waals surface area contributed by atoms with E-state index in [9.17, 15) is 13.2 Å². The smallest absolute Gasteiger partial charge is 0.260 e. The molecule has 1 atom stereocenters. The molecule has 4 rings (SSSR count). The molecule has 10 heteroatoms. The predicted molar refractivity (Wildman–Crippen MR) is 121 cm³/mol. The molecule has 0 radical (unpaired) electrons. The molecule has 2 aromatic carbocycles. The van der Waals surface area contributed by atoms with Gasteiger partial charge in [0.15, 0.2) is 15.0 Å². The minimum absolute atomic E-state index is 0.0939. The van der Waals surface area contributed by atoms with Crippen molar-refractivity contribution >= 4 is 54.0 Å². The standard InChI is InChI=1S/C21H21ClN2O5S2/c1-28-17-10-9-16(22)19-18(17)23-21(30-19)24(12-14-4-3-11-29-14)20(25)13-5-7-15(8-6-13)31(2,26)27/h5-10,14H,3-4,11-12H2,1-2H3. The number of methoxy groups -OCH3 is 1. The number of halogens is 1. The molecule has 0 N–H and O–H groups in total. The third-order valence-electron chi connectivity index (χ3n) is 5.08. The Morgan fingerprint density at radius 2 is 2.03 bits per heavy atom. The molecule has 1 saturated heterocycles. The third kappa shape index (κ3) is 4.55. The molecule has 7 nitrogen and oxygen atoms in total. The third-order valence-corrected chi connectivity index (χ3v) is 7.75. The van der Waals surface area contributed by atoms with E-state index < -0.39 is 9.84 Å². The van der Waals surface area contributed by atoms with Gasteiger partial charge in [-0.3, -0.25) is 9.69 Å². The van der Waals surface area contributed by atoms with Crippen LogP contribution in [0.4, 0.5) is 5.13 Å². The van der Waals surface area contributed by atoms with E-state index in [1.807, 2.05) is 0 Å². The number of benzene rings is 2. The van der Waals surface area contributed by atoms with Crippen LogP contribution >= 0.6 is 22.9 Å². The van der Waals surface area contributed by atoms with Gasteiger partial charge in [0.25, 0.3) is 5.91 Å². The summed E-state index contributed by atoms with van der Waals surface area (Å²) in [6.07, 6.45) is 2.83. The van der Waals surface area contributed by atoms with E-state index in [1.54, 1.807) is 24.1 Å². The molecular formula is C21H21ClN2O5S2. The van der Waals surface area contributed by atoms with Crippen molar-refractivity contribution < 1.29 is 22.7 Å². The first-order valence-corrected chi connectivity index (χ1v) is 12.7. The van der Waals surface area contributed by atoms with Crippen LogP contribution in [0.15, 0.2) is 41.3 Å². The van der Waals surface area contributed by atoms with Crippen molar-refractivity contribution in [1.82, 2.24) is 4.98 Å². The number of hydrogen-bond donors (Lipinski definition) is 0. The van der Waals surface area contributed by atoms with Crippen molar-refractivity contribution in [2.75, 3.05) is 31.4 Å². The quantitative estimate of drug-likeness (QED) is 0.526. The monoisotopic (exact) mass is 480 g/mol. The number of anilines is 1. The van der Waals surface area contributed by atoms with Crippen molar-refractivity contribution in [2.24, 2.45) is 0 Å². The molecule has 1 unspecified atom stereocenters. The summed E-state index contributed by atoms with van der Waals surface area (Å²) in [6.45, 7) is 1.00.